The van der Waals surface area contributed by atoms with Crippen molar-refractivity contribution >= 4 is 11.9 Å². The summed E-state index contributed by atoms with van der Waals surface area (Å²) in [4.78, 5) is 28.0. The van der Waals surface area contributed by atoms with Crippen LogP contribution in [0.3, 0.4) is 0 Å². The van der Waals surface area contributed by atoms with E-state index in [0.29, 0.717) is 11.3 Å². The second-order valence-corrected chi connectivity index (χ2v) is 3.96. The minimum absolute atomic E-state index is 0.0550. The first-order chi connectivity index (χ1) is 7.91. The number of rotatable bonds is 4. The molecular weight excluding hydrogens is 220 g/mol. The number of pyridine rings is 1. The third-order valence-electron chi connectivity index (χ3n) is 2.46. The Morgan fingerprint density at radius 1 is 1.35 bits per heavy atom. The SMILES string of the molecule is Cc1ccc(C(=O)N(C)CCC(=O)O)c(C)n1. The molecule has 0 saturated heterocycles. The van der Waals surface area contributed by atoms with E-state index in [1.165, 1.54) is 4.90 Å². The van der Waals surface area contributed by atoms with Crippen molar-refractivity contribution in [2.45, 2.75) is 20.3 Å². The lowest BCUT2D eigenvalue weighted by Crippen LogP contribution is -2.29. The van der Waals surface area contributed by atoms with Crippen LogP contribution in [0, 0.1) is 13.8 Å². The van der Waals surface area contributed by atoms with E-state index in [-0.39, 0.29) is 18.9 Å². The average molecular weight is 236 g/mol. The molecule has 0 bridgehead atoms. The van der Waals surface area contributed by atoms with Gasteiger partial charge in [-0.3, -0.25) is 14.6 Å². The number of carbonyl (C=O) groups excluding carboxylic acids is 1. The highest BCUT2D eigenvalue weighted by atomic mass is 16.4. The molecule has 0 aliphatic heterocycles. The fourth-order valence-corrected chi connectivity index (χ4v) is 1.48. The Kier molecular flexibility index (Phi) is 4.20. The van der Waals surface area contributed by atoms with Crippen LogP contribution in [0.5, 0.6) is 0 Å². The van der Waals surface area contributed by atoms with Gasteiger partial charge in [-0.05, 0) is 26.0 Å². The van der Waals surface area contributed by atoms with Crippen LogP contribution in [0.25, 0.3) is 0 Å². The Bertz CT molecular complexity index is 443. The van der Waals surface area contributed by atoms with Crippen LogP contribution in [0.2, 0.25) is 0 Å². The van der Waals surface area contributed by atoms with Crippen LogP contribution in [0.15, 0.2) is 12.1 Å². The normalized spacial score (nSPS) is 10.1. The van der Waals surface area contributed by atoms with Gasteiger partial charge in [0.2, 0.25) is 0 Å². The molecule has 0 aromatic carbocycles. The summed E-state index contributed by atoms with van der Waals surface area (Å²) in [5.41, 5.74) is 2.04. The van der Waals surface area contributed by atoms with E-state index in [4.69, 9.17) is 5.11 Å². The number of carboxylic acid groups (broad SMARTS) is 1. The molecular formula is C12H16N2O3. The molecule has 1 N–H and O–H groups in total. The average Bonchev–Trinajstić information content (AvgIpc) is 2.25. The van der Waals surface area contributed by atoms with Gasteiger partial charge < -0.3 is 10.0 Å². The molecule has 5 nitrogen and oxygen atoms in total. The standard InChI is InChI=1S/C12H16N2O3/c1-8-4-5-10(9(2)13-8)12(17)14(3)7-6-11(15)16/h4-5H,6-7H2,1-3H3,(H,15,16). The quantitative estimate of drug-likeness (QED) is 0.854. The maximum Gasteiger partial charge on any atom is 0.305 e. The molecule has 92 valence electrons. The van der Waals surface area contributed by atoms with Crippen molar-refractivity contribution in [1.29, 1.82) is 0 Å². The molecule has 0 radical (unpaired) electrons. The summed E-state index contributed by atoms with van der Waals surface area (Å²) in [6.07, 6.45) is -0.0550. The van der Waals surface area contributed by atoms with Crippen molar-refractivity contribution < 1.29 is 14.7 Å². The molecule has 1 amide bonds. The number of carboxylic acids is 1. The third-order valence-corrected chi connectivity index (χ3v) is 2.46. The molecule has 0 spiro atoms. The number of aliphatic carboxylic acids is 1. The minimum atomic E-state index is -0.914. The Morgan fingerprint density at radius 3 is 2.53 bits per heavy atom. The second-order valence-electron chi connectivity index (χ2n) is 3.96. The summed E-state index contributed by atoms with van der Waals surface area (Å²) < 4.78 is 0. The van der Waals surface area contributed by atoms with E-state index >= 15 is 0 Å². The monoisotopic (exact) mass is 236 g/mol. The summed E-state index contributed by atoms with van der Waals surface area (Å²) in [5, 5.41) is 8.56. The van der Waals surface area contributed by atoms with Crippen LogP contribution in [-0.2, 0) is 4.79 Å². The number of aryl methyl sites for hydroxylation is 2. The lowest BCUT2D eigenvalue weighted by atomic mass is 10.1. The molecule has 0 aliphatic rings. The van der Waals surface area contributed by atoms with Gasteiger partial charge in [0.25, 0.3) is 5.91 Å². The molecule has 1 aromatic rings. The van der Waals surface area contributed by atoms with Crippen molar-refractivity contribution in [1.82, 2.24) is 9.88 Å². The zero-order valence-corrected chi connectivity index (χ0v) is 10.2. The highest BCUT2D eigenvalue weighted by Crippen LogP contribution is 2.09. The Morgan fingerprint density at radius 2 is 2.00 bits per heavy atom. The van der Waals surface area contributed by atoms with Crippen LogP contribution >= 0.6 is 0 Å². The van der Waals surface area contributed by atoms with E-state index in [9.17, 15) is 9.59 Å². The Labute approximate surface area is 100 Å². The van der Waals surface area contributed by atoms with Crippen molar-refractivity contribution in [2.24, 2.45) is 0 Å². The number of hydrogen-bond donors (Lipinski definition) is 1. The largest absolute Gasteiger partial charge is 0.481 e. The highest BCUT2D eigenvalue weighted by Gasteiger charge is 2.15. The zero-order valence-electron chi connectivity index (χ0n) is 10.2. The molecule has 1 heterocycles. The van der Waals surface area contributed by atoms with Gasteiger partial charge in [-0.2, -0.15) is 0 Å². The van der Waals surface area contributed by atoms with E-state index in [1.54, 1.807) is 26.1 Å². The molecule has 0 saturated carbocycles. The van der Waals surface area contributed by atoms with E-state index < -0.39 is 5.97 Å². The summed E-state index contributed by atoms with van der Waals surface area (Å²) in [7, 11) is 1.59. The van der Waals surface area contributed by atoms with Gasteiger partial charge >= 0.3 is 5.97 Å². The van der Waals surface area contributed by atoms with Crippen LogP contribution in [0.1, 0.15) is 28.2 Å². The lowest BCUT2D eigenvalue weighted by molar-refractivity contribution is -0.137. The molecule has 0 fully saturated rings. The van der Waals surface area contributed by atoms with E-state index in [1.807, 2.05) is 6.92 Å². The lowest BCUT2D eigenvalue weighted by Gasteiger charge is -2.17. The topological polar surface area (TPSA) is 70.5 Å². The van der Waals surface area contributed by atoms with Gasteiger partial charge in [0.15, 0.2) is 0 Å². The first-order valence-electron chi connectivity index (χ1n) is 5.33. The van der Waals surface area contributed by atoms with Gasteiger partial charge in [-0.15, -0.1) is 0 Å². The summed E-state index contributed by atoms with van der Waals surface area (Å²) in [5.74, 6) is -1.11. The number of nitrogens with zero attached hydrogens (tertiary/aromatic N) is 2. The molecule has 0 unspecified atom stereocenters. The Balaban J connectivity index is 2.78. The van der Waals surface area contributed by atoms with Crippen LogP contribution < -0.4 is 0 Å². The molecule has 5 heteroatoms. The third kappa shape index (κ3) is 3.55. The second kappa shape index (κ2) is 5.43. The molecule has 1 aromatic heterocycles. The first kappa shape index (κ1) is 13.2. The van der Waals surface area contributed by atoms with E-state index in [2.05, 4.69) is 4.98 Å². The minimum Gasteiger partial charge on any atom is -0.481 e. The van der Waals surface area contributed by atoms with Gasteiger partial charge in [-0.25, -0.2) is 0 Å². The zero-order chi connectivity index (χ0) is 13.0. The number of amides is 1. The molecule has 1 rings (SSSR count). The van der Waals surface area contributed by atoms with Gasteiger partial charge in [0.1, 0.15) is 0 Å². The van der Waals surface area contributed by atoms with Crippen molar-refractivity contribution in [2.75, 3.05) is 13.6 Å². The Hall–Kier alpha value is -1.91. The van der Waals surface area contributed by atoms with E-state index in [0.717, 1.165) is 5.69 Å². The van der Waals surface area contributed by atoms with Crippen LogP contribution in [-0.4, -0.2) is 40.5 Å². The maximum atomic E-state index is 12.0. The number of carbonyl (C=O) groups is 2. The van der Waals surface area contributed by atoms with Crippen molar-refractivity contribution in [3.05, 3.63) is 29.1 Å². The smallest absolute Gasteiger partial charge is 0.305 e. The predicted molar refractivity (Wildman–Crippen MR) is 62.9 cm³/mol. The van der Waals surface area contributed by atoms with Crippen molar-refractivity contribution in [3.8, 4) is 0 Å². The number of aromatic nitrogens is 1. The highest BCUT2D eigenvalue weighted by molar-refractivity contribution is 5.95. The van der Waals surface area contributed by atoms with Gasteiger partial charge in [0.05, 0.1) is 17.7 Å². The van der Waals surface area contributed by atoms with Crippen molar-refractivity contribution in [3.63, 3.8) is 0 Å². The molecule has 0 atom stereocenters. The van der Waals surface area contributed by atoms with Gasteiger partial charge in [-0.1, -0.05) is 0 Å². The predicted octanol–water partition coefficient (Wildman–Crippen LogP) is 1.25. The van der Waals surface area contributed by atoms with Gasteiger partial charge in [0, 0.05) is 19.3 Å². The molecule has 17 heavy (non-hydrogen) atoms. The first-order valence-corrected chi connectivity index (χ1v) is 5.33. The fourth-order valence-electron chi connectivity index (χ4n) is 1.48. The van der Waals surface area contributed by atoms with Crippen LogP contribution in [0.4, 0.5) is 0 Å². The maximum absolute atomic E-state index is 12.0. The summed E-state index contributed by atoms with van der Waals surface area (Å²) >= 11 is 0. The summed E-state index contributed by atoms with van der Waals surface area (Å²) in [6, 6.07) is 3.49. The fraction of sp³-hybridized carbons (Fsp3) is 0.417. The molecule has 0 aliphatic carbocycles. The number of hydrogen-bond acceptors (Lipinski definition) is 3. The summed E-state index contributed by atoms with van der Waals surface area (Å²) in [6.45, 7) is 3.82.